The van der Waals surface area contributed by atoms with Crippen LogP contribution in [0, 0.1) is 5.92 Å². The summed E-state index contributed by atoms with van der Waals surface area (Å²) < 4.78 is 0. The number of nitrogens with one attached hydrogen (secondary N) is 2. The third-order valence-corrected chi connectivity index (χ3v) is 5.01. The van der Waals surface area contributed by atoms with Crippen molar-refractivity contribution in [1.82, 2.24) is 15.5 Å². The first kappa shape index (κ1) is 16.3. The number of thiophene rings is 1. The van der Waals surface area contributed by atoms with Crippen LogP contribution in [-0.4, -0.2) is 43.2 Å². The van der Waals surface area contributed by atoms with Gasteiger partial charge in [0.05, 0.1) is 0 Å². The zero-order valence-corrected chi connectivity index (χ0v) is 13.9. The van der Waals surface area contributed by atoms with Crippen LogP contribution in [-0.2, 0) is 6.42 Å². The molecule has 21 heavy (non-hydrogen) atoms. The number of hydrogen-bond donors (Lipinski definition) is 2. The fourth-order valence-electron chi connectivity index (χ4n) is 2.79. The monoisotopic (exact) mass is 309 g/mol. The molecule has 1 saturated heterocycles. The maximum atomic E-state index is 11.8. The van der Waals surface area contributed by atoms with Gasteiger partial charge in [-0.25, -0.2) is 4.79 Å². The number of carbonyl (C=O) groups is 1. The second-order valence-electron chi connectivity index (χ2n) is 6.06. The highest BCUT2D eigenvalue weighted by molar-refractivity contribution is 7.09. The summed E-state index contributed by atoms with van der Waals surface area (Å²) in [6.07, 6.45) is 3.37. The number of rotatable bonds is 6. The largest absolute Gasteiger partial charge is 0.338 e. The maximum absolute atomic E-state index is 11.8. The molecular weight excluding hydrogens is 282 g/mol. The zero-order chi connectivity index (χ0) is 15.1. The zero-order valence-electron chi connectivity index (χ0n) is 13.1. The van der Waals surface area contributed by atoms with Crippen molar-refractivity contribution in [2.24, 2.45) is 5.92 Å². The van der Waals surface area contributed by atoms with Crippen molar-refractivity contribution < 1.29 is 4.79 Å². The summed E-state index contributed by atoms with van der Waals surface area (Å²) in [5.74, 6) is 0.587. The SMILES string of the molecule is CC(C)N1CCCC(CNC(=O)NCCc2cccs2)C1. The Morgan fingerprint density at radius 1 is 1.48 bits per heavy atom. The van der Waals surface area contributed by atoms with Crippen LogP contribution in [0.5, 0.6) is 0 Å². The quantitative estimate of drug-likeness (QED) is 0.848. The van der Waals surface area contributed by atoms with Gasteiger partial charge in [0.15, 0.2) is 0 Å². The first-order valence-electron chi connectivity index (χ1n) is 7.93. The summed E-state index contributed by atoms with van der Waals surface area (Å²) in [6.45, 7) is 8.28. The van der Waals surface area contributed by atoms with Crippen molar-refractivity contribution in [3.63, 3.8) is 0 Å². The highest BCUT2D eigenvalue weighted by Gasteiger charge is 2.21. The number of hydrogen-bond acceptors (Lipinski definition) is 3. The summed E-state index contributed by atoms with van der Waals surface area (Å²) in [4.78, 5) is 15.6. The van der Waals surface area contributed by atoms with Crippen LogP contribution >= 0.6 is 11.3 Å². The molecule has 0 bridgehead atoms. The summed E-state index contributed by atoms with van der Waals surface area (Å²) in [7, 11) is 0. The lowest BCUT2D eigenvalue weighted by atomic mass is 9.97. The van der Waals surface area contributed by atoms with Gasteiger partial charge in [0.1, 0.15) is 0 Å². The fourth-order valence-corrected chi connectivity index (χ4v) is 3.50. The van der Waals surface area contributed by atoms with E-state index in [4.69, 9.17) is 0 Å². The van der Waals surface area contributed by atoms with Crippen LogP contribution in [0.3, 0.4) is 0 Å². The fraction of sp³-hybridized carbons (Fsp3) is 0.688. The molecule has 1 atom stereocenters. The third-order valence-electron chi connectivity index (χ3n) is 4.07. The maximum Gasteiger partial charge on any atom is 0.314 e. The minimum atomic E-state index is -0.0340. The van der Waals surface area contributed by atoms with Crippen molar-refractivity contribution in [2.45, 2.75) is 39.2 Å². The van der Waals surface area contributed by atoms with E-state index < -0.39 is 0 Å². The molecule has 2 amide bonds. The molecule has 0 radical (unpaired) electrons. The predicted molar refractivity (Wildman–Crippen MR) is 88.9 cm³/mol. The molecule has 118 valence electrons. The molecule has 0 aliphatic carbocycles. The number of piperidine rings is 1. The van der Waals surface area contributed by atoms with Crippen LogP contribution in [0.2, 0.25) is 0 Å². The Morgan fingerprint density at radius 2 is 2.33 bits per heavy atom. The van der Waals surface area contributed by atoms with E-state index in [-0.39, 0.29) is 6.03 Å². The number of nitrogens with zero attached hydrogens (tertiary/aromatic N) is 1. The molecule has 1 unspecified atom stereocenters. The lowest BCUT2D eigenvalue weighted by Crippen LogP contribution is -2.45. The van der Waals surface area contributed by atoms with Gasteiger partial charge in [-0.2, -0.15) is 0 Å². The standard InChI is InChI=1S/C16H27N3OS/c1-13(2)19-9-3-5-14(12-19)11-18-16(20)17-8-7-15-6-4-10-21-15/h4,6,10,13-14H,3,5,7-9,11-12H2,1-2H3,(H2,17,18,20). The van der Waals surface area contributed by atoms with Gasteiger partial charge in [0.25, 0.3) is 0 Å². The number of likely N-dealkylation sites (tertiary alicyclic amines) is 1. The molecule has 1 fully saturated rings. The summed E-state index contributed by atoms with van der Waals surface area (Å²) in [5, 5.41) is 8.02. The van der Waals surface area contributed by atoms with Crippen molar-refractivity contribution in [2.75, 3.05) is 26.2 Å². The summed E-state index contributed by atoms with van der Waals surface area (Å²) >= 11 is 1.74. The van der Waals surface area contributed by atoms with Gasteiger partial charge < -0.3 is 15.5 Å². The van der Waals surface area contributed by atoms with Crippen molar-refractivity contribution in [3.05, 3.63) is 22.4 Å². The van der Waals surface area contributed by atoms with E-state index in [1.807, 2.05) is 6.07 Å². The Labute approximate surface area is 131 Å². The van der Waals surface area contributed by atoms with Crippen LogP contribution in [0.25, 0.3) is 0 Å². The van der Waals surface area contributed by atoms with Crippen molar-refractivity contribution in [3.8, 4) is 0 Å². The van der Waals surface area contributed by atoms with Gasteiger partial charge in [0, 0.05) is 30.6 Å². The van der Waals surface area contributed by atoms with E-state index in [0.29, 0.717) is 18.5 Å². The average molecular weight is 309 g/mol. The minimum absolute atomic E-state index is 0.0340. The van der Waals surface area contributed by atoms with E-state index in [1.54, 1.807) is 11.3 Å². The molecule has 0 saturated carbocycles. The molecule has 2 rings (SSSR count). The van der Waals surface area contributed by atoms with Gasteiger partial charge >= 0.3 is 6.03 Å². The third kappa shape index (κ3) is 5.67. The van der Waals surface area contributed by atoms with Gasteiger partial charge in [0.2, 0.25) is 0 Å². The second kappa shape index (κ2) is 8.39. The number of urea groups is 1. The Morgan fingerprint density at radius 3 is 3.05 bits per heavy atom. The molecular formula is C16H27N3OS. The van der Waals surface area contributed by atoms with E-state index in [9.17, 15) is 4.79 Å². The van der Waals surface area contributed by atoms with Crippen LogP contribution < -0.4 is 10.6 Å². The molecule has 1 aromatic heterocycles. The van der Waals surface area contributed by atoms with Crippen LogP contribution in [0.15, 0.2) is 17.5 Å². The van der Waals surface area contributed by atoms with E-state index in [0.717, 1.165) is 19.5 Å². The van der Waals surface area contributed by atoms with Gasteiger partial charge in [-0.1, -0.05) is 6.07 Å². The number of carbonyl (C=O) groups excluding carboxylic acids is 1. The van der Waals surface area contributed by atoms with Gasteiger partial charge in [-0.3, -0.25) is 0 Å². The first-order valence-corrected chi connectivity index (χ1v) is 8.81. The summed E-state index contributed by atoms with van der Waals surface area (Å²) in [5.41, 5.74) is 0. The van der Waals surface area contributed by atoms with Crippen LogP contribution in [0.4, 0.5) is 4.79 Å². The normalized spacial score (nSPS) is 19.7. The first-order chi connectivity index (χ1) is 10.1. The van der Waals surface area contributed by atoms with Gasteiger partial charge in [-0.15, -0.1) is 11.3 Å². The molecule has 1 aromatic rings. The van der Waals surface area contributed by atoms with Crippen molar-refractivity contribution in [1.29, 1.82) is 0 Å². The van der Waals surface area contributed by atoms with E-state index in [2.05, 4.69) is 40.8 Å². The minimum Gasteiger partial charge on any atom is -0.338 e. The van der Waals surface area contributed by atoms with Gasteiger partial charge in [-0.05, 0) is 57.0 Å². The molecule has 1 aliphatic heterocycles. The molecule has 4 nitrogen and oxygen atoms in total. The average Bonchev–Trinajstić information content (AvgIpc) is 2.99. The molecule has 2 N–H and O–H groups in total. The lowest BCUT2D eigenvalue weighted by Gasteiger charge is -2.35. The van der Waals surface area contributed by atoms with E-state index >= 15 is 0 Å². The summed E-state index contributed by atoms with van der Waals surface area (Å²) in [6, 6.07) is 4.72. The Balaban J connectivity index is 1.60. The number of amides is 2. The Kier molecular flexibility index (Phi) is 6.51. The smallest absolute Gasteiger partial charge is 0.314 e. The Hall–Kier alpha value is -1.07. The predicted octanol–water partition coefficient (Wildman–Crippen LogP) is 2.71. The lowest BCUT2D eigenvalue weighted by molar-refractivity contribution is 0.139. The van der Waals surface area contributed by atoms with Crippen LogP contribution in [0.1, 0.15) is 31.6 Å². The highest BCUT2D eigenvalue weighted by atomic mass is 32.1. The molecule has 0 spiro atoms. The highest BCUT2D eigenvalue weighted by Crippen LogP contribution is 2.17. The second-order valence-corrected chi connectivity index (χ2v) is 7.10. The molecule has 1 aliphatic rings. The van der Waals surface area contributed by atoms with E-state index in [1.165, 1.54) is 24.3 Å². The topological polar surface area (TPSA) is 44.4 Å². The molecule has 2 heterocycles. The molecule has 5 heteroatoms. The Bertz CT molecular complexity index is 419. The van der Waals surface area contributed by atoms with Crippen molar-refractivity contribution >= 4 is 17.4 Å². The molecule has 0 aromatic carbocycles.